The van der Waals surface area contributed by atoms with Gasteiger partial charge in [-0.1, -0.05) is 0 Å². The van der Waals surface area contributed by atoms with E-state index in [-0.39, 0.29) is 31.7 Å². The summed E-state index contributed by atoms with van der Waals surface area (Å²) in [7, 11) is 0. The molecule has 2 N–H and O–H groups in total. The third-order valence-corrected chi connectivity index (χ3v) is 2.15. The predicted octanol–water partition coefficient (Wildman–Crippen LogP) is -1.02. The summed E-state index contributed by atoms with van der Waals surface area (Å²) in [4.78, 5) is 12.8. The van der Waals surface area contributed by atoms with Crippen molar-refractivity contribution in [2.45, 2.75) is 32.2 Å². The molecule has 0 saturated carbocycles. The van der Waals surface area contributed by atoms with E-state index in [9.17, 15) is 15.0 Å². The van der Waals surface area contributed by atoms with Crippen molar-refractivity contribution in [3.05, 3.63) is 0 Å². The van der Waals surface area contributed by atoms with Crippen LogP contribution in [0.25, 0.3) is 0 Å². The Labute approximate surface area is 83.3 Å². The Balaban J connectivity index is 2.32. The first-order valence-corrected chi connectivity index (χ1v) is 4.76. The van der Waals surface area contributed by atoms with Gasteiger partial charge in [0.25, 0.3) is 0 Å². The van der Waals surface area contributed by atoms with Crippen molar-refractivity contribution < 1.29 is 19.7 Å². The molecule has 1 rings (SSSR count). The molecule has 1 fully saturated rings. The predicted molar refractivity (Wildman–Crippen MR) is 49.7 cm³/mol. The smallest absolute Gasteiger partial charge is 0.248 e. The fourth-order valence-corrected chi connectivity index (χ4v) is 1.30. The standard InChI is InChI=1S/C9H17NO4/c1-6(2)14-5-9(13)10-3-7(11)8(12)4-10/h6-8,11-12H,3-5H2,1-2H3/t7-,8+. The van der Waals surface area contributed by atoms with Crippen molar-refractivity contribution in [1.29, 1.82) is 0 Å². The number of likely N-dealkylation sites (tertiary alicyclic amines) is 1. The summed E-state index contributed by atoms with van der Waals surface area (Å²) in [5.74, 6) is -0.186. The van der Waals surface area contributed by atoms with Gasteiger partial charge in [0.15, 0.2) is 0 Å². The zero-order chi connectivity index (χ0) is 10.7. The molecule has 82 valence electrons. The summed E-state index contributed by atoms with van der Waals surface area (Å²) in [6, 6.07) is 0. The van der Waals surface area contributed by atoms with Gasteiger partial charge < -0.3 is 19.8 Å². The lowest BCUT2D eigenvalue weighted by molar-refractivity contribution is -0.137. The van der Waals surface area contributed by atoms with Crippen LogP contribution in [0.5, 0.6) is 0 Å². The third-order valence-electron chi connectivity index (χ3n) is 2.15. The van der Waals surface area contributed by atoms with Crippen molar-refractivity contribution in [2.75, 3.05) is 19.7 Å². The molecule has 1 aliphatic heterocycles. The Morgan fingerprint density at radius 1 is 1.43 bits per heavy atom. The first-order chi connectivity index (χ1) is 6.50. The van der Waals surface area contributed by atoms with Crippen molar-refractivity contribution in [3.63, 3.8) is 0 Å². The second kappa shape index (κ2) is 4.72. The number of hydrogen-bond acceptors (Lipinski definition) is 4. The van der Waals surface area contributed by atoms with Crippen LogP contribution in [-0.2, 0) is 9.53 Å². The van der Waals surface area contributed by atoms with Gasteiger partial charge in [0.2, 0.25) is 5.91 Å². The molecule has 1 aliphatic rings. The van der Waals surface area contributed by atoms with Crippen LogP contribution in [0.3, 0.4) is 0 Å². The number of nitrogens with zero attached hydrogens (tertiary/aromatic N) is 1. The van der Waals surface area contributed by atoms with Crippen LogP contribution in [0.1, 0.15) is 13.8 Å². The summed E-state index contributed by atoms with van der Waals surface area (Å²) in [6.45, 7) is 4.10. The molecule has 0 spiro atoms. The number of carbonyl (C=O) groups is 1. The minimum atomic E-state index is -0.821. The Kier molecular flexibility index (Phi) is 3.86. The van der Waals surface area contributed by atoms with Gasteiger partial charge in [-0.25, -0.2) is 0 Å². The Morgan fingerprint density at radius 2 is 1.93 bits per heavy atom. The van der Waals surface area contributed by atoms with Gasteiger partial charge in [-0.3, -0.25) is 4.79 Å². The van der Waals surface area contributed by atoms with Gasteiger partial charge in [0.05, 0.1) is 18.3 Å². The molecule has 0 bridgehead atoms. The number of β-amino-alcohol motifs (C(OH)–C–C–N with tert-alkyl or cyclic N) is 2. The fraction of sp³-hybridized carbons (Fsp3) is 0.889. The van der Waals surface area contributed by atoms with Crippen molar-refractivity contribution in [1.82, 2.24) is 4.90 Å². The molecule has 1 amide bonds. The fourth-order valence-electron chi connectivity index (χ4n) is 1.30. The zero-order valence-electron chi connectivity index (χ0n) is 8.51. The molecular formula is C9H17NO4. The minimum absolute atomic E-state index is 0.0106. The molecule has 0 aromatic heterocycles. The molecule has 14 heavy (non-hydrogen) atoms. The molecule has 1 saturated heterocycles. The van der Waals surface area contributed by atoms with E-state index in [4.69, 9.17) is 4.74 Å². The summed E-state index contributed by atoms with van der Waals surface area (Å²) < 4.78 is 5.13. The molecule has 0 unspecified atom stereocenters. The van der Waals surface area contributed by atoms with Crippen LogP contribution >= 0.6 is 0 Å². The minimum Gasteiger partial charge on any atom is -0.388 e. The maximum absolute atomic E-state index is 11.4. The normalized spacial score (nSPS) is 27.4. The van der Waals surface area contributed by atoms with E-state index in [1.54, 1.807) is 0 Å². The van der Waals surface area contributed by atoms with Crippen LogP contribution in [-0.4, -0.2) is 59.0 Å². The average molecular weight is 203 g/mol. The lowest BCUT2D eigenvalue weighted by Gasteiger charge is -2.16. The van der Waals surface area contributed by atoms with Crippen LogP contribution in [0.15, 0.2) is 0 Å². The number of rotatable bonds is 3. The Morgan fingerprint density at radius 3 is 2.36 bits per heavy atom. The van der Waals surface area contributed by atoms with Gasteiger partial charge >= 0.3 is 0 Å². The lowest BCUT2D eigenvalue weighted by atomic mass is 10.3. The molecule has 0 radical (unpaired) electrons. The average Bonchev–Trinajstić information content (AvgIpc) is 2.43. The van der Waals surface area contributed by atoms with E-state index in [1.807, 2.05) is 13.8 Å². The summed E-state index contributed by atoms with van der Waals surface area (Å²) in [5.41, 5.74) is 0. The molecule has 5 heteroatoms. The third kappa shape index (κ3) is 2.94. The number of hydrogen-bond donors (Lipinski definition) is 2. The largest absolute Gasteiger partial charge is 0.388 e. The maximum atomic E-state index is 11.4. The molecular weight excluding hydrogens is 186 g/mol. The highest BCUT2D eigenvalue weighted by molar-refractivity contribution is 5.77. The van der Waals surface area contributed by atoms with Gasteiger partial charge in [0, 0.05) is 13.1 Å². The summed E-state index contributed by atoms with van der Waals surface area (Å²) in [5, 5.41) is 18.4. The quantitative estimate of drug-likeness (QED) is 0.615. The number of amides is 1. The van der Waals surface area contributed by atoms with Crippen LogP contribution in [0.4, 0.5) is 0 Å². The summed E-state index contributed by atoms with van der Waals surface area (Å²) >= 11 is 0. The first kappa shape index (κ1) is 11.4. The maximum Gasteiger partial charge on any atom is 0.248 e. The molecule has 1 heterocycles. The number of aliphatic hydroxyl groups excluding tert-OH is 2. The highest BCUT2D eigenvalue weighted by atomic mass is 16.5. The second-order valence-corrected chi connectivity index (χ2v) is 3.79. The Hall–Kier alpha value is -0.650. The van der Waals surface area contributed by atoms with E-state index in [0.29, 0.717) is 0 Å². The zero-order valence-corrected chi connectivity index (χ0v) is 8.51. The molecule has 0 aliphatic carbocycles. The second-order valence-electron chi connectivity index (χ2n) is 3.79. The van der Waals surface area contributed by atoms with Gasteiger partial charge in [-0.05, 0) is 13.8 Å². The molecule has 0 aromatic carbocycles. The van der Waals surface area contributed by atoms with E-state index >= 15 is 0 Å². The van der Waals surface area contributed by atoms with E-state index in [0.717, 1.165) is 0 Å². The van der Waals surface area contributed by atoms with Crippen LogP contribution in [0.2, 0.25) is 0 Å². The Bertz CT molecular complexity index is 197. The van der Waals surface area contributed by atoms with Crippen LogP contribution < -0.4 is 0 Å². The topological polar surface area (TPSA) is 70.0 Å². The highest BCUT2D eigenvalue weighted by Gasteiger charge is 2.32. The van der Waals surface area contributed by atoms with Crippen molar-refractivity contribution in [2.24, 2.45) is 0 Å². The highest BCUT2D eigenvalue weighted by Crippen LogP contribution is 2.10. The van der Waals surface area contributed by atoms with E-state index < -0.39 is 12.2 Å². The number of carbonyl (C=O) groups excluding carboxylic acids is 1. The van der Waals surface area contributed by atoms with Gasteiger partial charge in [-0.2, -0.15) is 0 Å². The monoisotopic (exact) mass is 203 g/mol. The van der Waals surface area contributed by atoms with Gasteiger partial charge in [-0.15, -0.1) is 0 Å². The molecule has 2 atom stereocenters. The number of aliphatic hydroxyl groups is 2. The van der Waals surface area contributed by atoms with Crippen molar-refractivity contribution >= 4 is 5.91 Å². The van der Waals surface area contributed by atoms with Gasteiger partial charge in [0.1, 0.15) is 6.61 Å². The molecule has 5 nitrogen and oxygen atoms in total. The van der Waals surface area contributed by atoms with E-state index in [1.165, 1.54) is 4.90 Å². The van der Waals surface area contributed by atoms with Crippen LogP contribution in [0, 0.1) is 0 Å². The SMILES string of the molecule is CC(C)OCC(=O)N1C[C@@H](O)[C@@H](O)C1. The number of ether oxygens (including phenoxy) is 1. The molecule has 0 aromatic rings. The van der Waals surface area contributed by atoms with Crippen molar-refractivity contribution in [3.8, 4) is 0 Å². The first-order valence-electron chi connectivity index (χ1n) is 4.76. The lowest BCUT2D eigenvalue weighted by Crippen LogP contribution is -2.33. The van der Waals surface area contributed by atoms with E-state index in [2.05, 4.69) is 0 Å². The summed E-state index contributed by atoms with van der Waals surface area (Å²) in [6.07, 6.45) is -1.63.